The number of hydrogen-bond donors (Lipinski definition) is 2. The number of carbonyl (C=O) groups excluding carboxylic acids is 1. The van der Waals surface area contributed by atoms with Crippen molar-refractivity contribution >= 4 is 33.2 Å². The van der Waals surface area contributed by atoms with Crippen LogP contribution >= 0.6 is 11.6 Å². The number of hydrazone groups is 1. The standard InChI is InChI=1S/C12H16ClN3O3S/c1-9(2)15-16-12(17)7-8-14-20(18,19)11-5-3-10(13)4-6-11/h3-6,14H,7-8H2,1-2H3,(H,16,17). The summed E-state index contributed by atoms with van der Waals surface area (Å²) in [7, 11) is -3.63. The van der Waals surface area contributed by atoms with Gasteiger partial charge < -0.3 is 0 Å². The van der Waals surface area contributed by atoms with Crippen molar-refractivity contribution < 1.29 is 13.2 Å². The van der Waals surface area contributed by atoms with Gasteiger partial charge in [-0.15, -0.1) is 0 Å². The summed E-state index contributed by atoms with van der Waals surface area (Å²) >= 11 is 5.69. The van der Waals surface area contributed by atoms with Gasteiger partial charge in [-0.25, -0.2) is 18.6 Å². The van der Waals surface area contributed by atoms with E-state index in [0.717, 1.165) is 0 Å². The Morgan fingerprint density at radius 1 is 1.25 bits per heavy atom. The number of halogens is 1. The van der Waals surface area contributed by atoms with Gasteiger partial charge in [-0.05, 0) is 38.1 Å². The Morgan fingerprint density at radius 2 is 1.85 bits per heavy atom. The molecule has 0 aromatic heterocycles. The Morgan fingerprint density at radius 3 is 2.40 bits per heavy atom. The Labute approximate surface area is 123 Å². The number of sulfonamides is 1. The highest BCUT2D eigenvalue weighted by Gasteiger charge is 2.13. The average molecular weight is 318 g/mol. The Kier molecular flexibility index (Phi) is 6.12. The van der Waals surface area contributed by atoms with Crippen molar-refractivity contribution in [2.75, 3.05) is 6.54 Å². The van der Waals surface area contributed by atoms with Gasteiger partial charge in [0.05, 0.1) is 4.90 Å². The molecule has 110 valence electrons. The van der Waals surface area contributed by atoms with Gasteiger partial charge in [0, 0.05) is 23.7 Å². The molecule has 2 N–H and O–H groups in total. The van der Waals surface area contributed by atoms with Crippen molar-refractivity contribution in [2.45, 2.75) is 25.2 Å². The molecular weight excluding hydrogens is 302 g/mol. The zero-order valence-electron chi connectivity index (χ0n) is 11.2. The van der Waals surface area contributed by atoms with Crippen LogP contribution in [-0.4, -0.2) is 26.6 Å². The maximum Gasteiger partial charge on any atom is 0.241 e. The summed E-state index contributed by atoms with van der Waals surface area (Å²) in [6.45, 7) is 3.47. The molecule has 0 aliphatic rings. The van der Waals surface area contributed by atoms with E-state index in [2.05, 4.69) is 15.2 Å². The second-order valence-electron chi connectivity index (χ2n) is 4.20. The number of benzene rings is 1. The first-order valence-electron chi connectivity index (χ1n) is 5.86. The number of hydrogen-bond acceptors (Lipinski definition) is 4. The number of rotatable bonds is 6. The third-order valence-electron chi connectivity index (χ3n) is 2.17. The molecule has 0 aliphatic heterocycles. The fourth-order valence-electron chi connectivity index (χ4n) is 1.23. The van der Waals surface area contributed by atoms with E-state index in [1.54, 1.807) is 13.8 Å². The maximum absolute atomic E-state index is 11.9. The molecule has 0 radical (unpaired) electrons. The van der Waals surface area contributed by atoms with Crippen LogP contribution in [0.5, 0.6) is 0 Å². The van der Waals surface area contributed by atoms with E-state index >= 15 is 0 Å². The second kappa shape index (κ2) is 7.37. The van der Waals surface area contributed by atoms with Crippen LogP contribution in [0.1, 0.15) is 20.3 Å². The summed E-state index contributed by atoms with van der Waals surface area (Å²) in [5.74, 6) is -0.356. The van der Waals surface area contributed by atoms with Gasteiger partial charge in [0.2, 0.25) is 15.9 Å². The lowest BCUT2D eigenvalue weighted by molar-refractivity contribution is -0.120. The fourth-order valence-corrected chi connectivity index (χ4v) is 2.38. The van der Waals surface area contributed by atoms with E-state index in [-0.39, 0.29) is 23.8 Å². The number of nitrogens with zero attached hydrogens (tertiary/aromatic N) is 1. The summed E-state index contributed by atoms with van der Waals surface area (Å²) in [5.41, 5.74) is 3.02. The van der Waals surface area contributed by atoms with Gasteiger partial charge in [0.1, 0.15) is 0 Å². The molecule has 1 aromatic carbocycles. The molecule has 0 atom stereocenters. The average Bonchev–Trinajstić information content (AvgIpc) is 2.36. The largest absolute Gasteiger partial charge is 0.273 e. The molecule has 0 aliphatic carbocycles. The van der Waals surface area contributed by atoms with Gasteiger partial charge in [-0.1, -0.05) is 11.6 Å². The Balaban J connectivity index is 2.50. The van der Waals surface area contributed by atoms with Crippen molar-refractivity contribution in [3.8, 4) is 0 Å². The molecule has 0 saturated heterocycles. The first-order valence-corrected chi connectivity index (χ1v) is 7.72. The minimum absolute atomic E-state index is 0.00357. The molecule has 0 fully saturated rings. The highest BCUT2D eigenvalue weighted by Crippen LogP contribution is 2.13. The van der Waals surface area contributed by atoms with E-state index in [1.165, 1.54) is 24.3 Å². The molecule has 1 rings (SSSR count). The van der Waals surface area contributed by atoms with Crippen molar-refractivity contribution in [3.63, 3.8) is 0 Å². The first-order chi connectivity index (χ1) is 9.31. The molecule has 6 nitrogen and oxygen atoms in total. The van der Waals surface area contributed by atoms with E-state index in [4.69, 9.17) is 11.6 Å². The predicted octanol–water partition coefficient (Wildman–Crippen LogP) is 1.52. The zero-order valence-corrected chi connectivity index (χ0v) is 12.8. The van der Waals surface area contributed by atoms with Crippen molar-refractivity contribution in [1.82, 2.24) is 10.1 Å². The molecule has 1 aromatic rings. The van der Waals surface area contributed by atoms with Gasteiger partial charge in [0.15, 0.2) is 0 Å². The Hall–Kier alpha value is -1.44. The smallest absolute Gasteiger partial charge is 0.241 e. The lowest BCUT2D eigenvalue weighted by Gasteiger charge is -2.06. The number of amides is 1. The van der Waals surface area contributed by atoms with E-state index in [1.807, 2.05) is 0 Å². The molecule has 0 unspecified atom stereocenters. The van der Waals surface area contributed by atoms with Gasteiger partial charge >= 0.3 is 0 Å². The maximum atomic E-state index is 11.9. The lowest BCUT2D eigenvalue weighted by Crippen LogP contribution is -2.29. The Bertz CT molecular complexity index is 593. The second-order valence-corrected chi connectivity index (χ2v) is 6.40. The van der Waals surface area contributed by atoms with Crippen LogP contribution in [0.15, 0.2) is 34.3 Å². The van der Waals surface area contributed by atoms with Gasteiger partial charge in [0.25, 0.3) is 0 Å². The zero-order chi connectivity index (χ0) is 15.2. The van der Waals surface area contributed by atoms with Crippen molar-refractivity contribution in [1.29, 1.82) is 0 Å². The monoisotopic (exact) mass is 317 g/mol. The van der Waals surface area contributed by atoms with Crippen LogP contribution in [0.4, 0.5) is 0 Å². The first kappa shape index (κ1) is 16.6. The van der Waals surface area contributed by atoms with Crippen LogP contribution in [0.2, 0.25) is 5.02 Å². The third-order valence-corrected chi connectivity index (χ3v) is 3.90. The molecule has 0 bridgehead atoms. The quantitative estimate of drug-likeness (QED) is 0.616. The lowest BCUT2D eigenvalue weighted by atomic mass is 10.4. The van der Waals surface area contributed by atoms with E-state index in [0.29, 0.717) is 10.7 Å². The van der Waals surface area contributed by atoms with Crippen LogP contribution in [0, 0.1) is 0 Å². The SMILES string of the molecule is CC(C)=NNC(=O)CCNS(=O)(=O)c1ccc(Cl)cc1. The van der Waals surface area contributed by atoms with Crippen LogP contribution in [0.25, 0.3) is 0 Å². The molecule has 8 heteroatoms. The topological polar surface area (TPSA) is 87.6 Å². The molecule has 20 heavy (non-hydrogen) atoms. The molecule has 0 heterocycles. The van der Waals surface area contributed by atoms with Crippen molar-refractivity contribution in [2.24, 2.45) is 5.10 Å². The minimum atomic E-state index is -3.63. The number of carbonyl (C=O) groups is 1. The highest BCUT2D eigenvalue weighted by molar-refractivity contribution is 7.89. The predicted molar refractivity (Wildman–Crippen MR) is 78.2 cm³/mol. The third kappa shape index (κ3) is 5.68. The van der Waals surface area contributed by atoms with Gasteiger partial charge in [-0.3, -0.25) is 4.79 Å². The van der Waals surface area contributed by atoms with Crippen LogP contribution in [-0.2, 0) is 14.8 Å². The van der Waals surface area contributed by atoms with E-state index < -0.39 is 10.0 Å². The molecule has 0 saturated carbocycles. The van der Waals surface area contributed by atoms with Crippen molar-refractivity contribution in [3.05, 3.63) is 29.3 Å². The summed E-state index contributed by atoms with van der Waals surface area (Å²) in [6, 6.07) is 5.77. The summed E-state index contributed by atoms with van der Waals surface area (Å²) in [6.07, 6.45) is 0.00357. The highest BCUT2D eigenvalue weighted by atomic mass is 35.5. The fraction of sp³-hybridized carbons (Fsp3) is 0.333. The molecular formula is C12H16ClN3O3S. The van der Waals surface area contributed by atoms with Crippen LogP contribution < -0.4 is 10.1 Å². The van der Waals surface area contributed by atoms with Crippen LogP contribution in [0.3, 0.4) is 0 Å². The van der Waals surface area contributed by atoms with Gasteiger partial charge in [-0.2, -0.15) is 5.10 Å². The summed E-state index contributed by atoms with van der Waals surface area (Å²) in [5, 5.41) is 4.19. The minimum Gasteiger partial charge on any atom is -0.273 e. The molecule has 1 amide bonds. The van der Waals surface area contributed by atoms with E-state index in [9.17, 15) is 13.2 Å². The number of nitrogens with one attached hydrogen (secondary N) is 2. The normalized spacial score (nSPS) is 10.9. The molecule has 0 spiro atoms. The summed E-state index contributed by atoms with van der Waals surface area (Å²) < 4.78 is 26.1. The summed E-state index contributed by atoms with van der Waals surface area (Å²) in [4.78, 5) is 11.4.